The van der Waals surface area contributed by atoms with Crippen LogP contribution in [-0.2, 0) is 0 Å². The van der Waals surface area contributed by atoms with Gasteiger partial charge in [0.2, 0.25) is 0 Å². The maximum atomic E-state index is 6.00. The molecule has 2 atom stereocenters. The van der Waals surface area contributed by atoms with Gasteiger partial charge < -0.3 is 5.73 Å². The summed E-state index contributed by atoms with van der Waals surface area (Å²) >= 11 is 0. The first-order valence-electron chi connectivity index (χ1n) is 3.87. The molecule has 2 rings (SSSR count). The lowest BCUT2D eigenvalue weighted by Crippen LogP contribution is -2.33. The summed E-state index contributed by atoms with van der Waals surface area (Å²) in [4.78, 5) is 2.38. The molecule has 0 aromatic carbocycles. The van der Waals surface area contributed by atoms with E-state index in [0.717, 1.165) is 19.0 Å². The van der Waals surface area contributed by atoms with E-state index < -0.39 is 0 Å². The predicted octanol–water partition coefficient (Wildman–Crippen LogP) is 0.205. The molecule has 1 heterocycles. The summed E-state index contributed by atoms with van der Waals surface area (Å²) in [6.45, 7) is 7.00. The van der Waals surface area contributed by atoms with Gasteiger partial charge in [0.25, 0.3) is 0 Å². The van der Waals surface area contributed by atoms with Crippen molar-refractivity contribution in [1.82, 2.24) is 4.90 Å². The molecule has 0 bridgehead atoms. The molecule has 0 spiro atoms. The first kappa shape index (κ1) is 6.38. The Bertz CT molecular complexity index is 167. The third kappa shape index (κ3) is 0.796. The summed E-state index contributed by atoms with van der Waals surface area (Å²) in [5.41, 5.74) is 6.21. The molecule has 0 aromatic heterocycles. The third-order valence-electron chi connectivity index (χ3n) is 2.66. The Morgan fingerprint density at radius 3 is 3.10 bits per heavy atom. The number of nitrogens with zero attached hydrogens (tertiary/aromatic N) is 1. The molecule has 0 unspecified atom stereocenters. The van der Waals surface area contributed by atoms with Crippen molar-refractivity contribution in [3.05, 3.63) is 12.7 Å². The molecule has 0 radical (unpaired) electrons. The van der Waals surface area contributed by atoms with Crippen LogP contribution in [0, 0.1) is 5.92 Å². The van der Waals surface area contributed by atoms with Crippen LogP contribution < -0.4 is 5.73 Å². The molecule has 0 amide bonds. The van der Waals surface area contributed by atoms with Crippen LogP contribution in [0.2, 0.25) is 0 Å². The molecule has 2 fully saturated rings. The van der Waals surface area contributed by atoms with Gasteiger partial charge in [0.1, 0.15) is 0 Å². The van der Waals surface area contributed by atoms with Gasteiger partial charge in [-0.25, -0.2) is 0 Å². The fourth-order valence-corrected chi connectivity index (χ4v) is 1.95. The zero-order valence-electron chi connectivity index (χ0n) is 6.21. The van der Waals surface area contributed by atoms with Gasteiger partial charge in [-0.15, -0.1) is 6.58 Å². The number of hydrogen-bond acceptors (Lipinski definition) is 2. The molecular weight excluding hydrogens is 124 g/mol. The Morgan fingerprint density at radius 2 is 2.60 bits per heavy atom. The van der Waals surface area contributed by atoms with Crippen LogP contribution in [0.15, 0.2) is 12.7 Å². The smallest absolute Gasteiger partial charge is 0.0328 e. The summed E-state index contributed by atoms with van der Waals surface area (Å²) in [6.07, 6.45) is 3.20. The molecule has 0 aromatic rings. The van der Waals surface area contributed by atoms with Gasteiger partial charge in [-0.3, -0.25) is 4.90 Å². The fraction of sp³-hybridized carbons (Fsp3) is 0.750. The highest BCUT2D eigenvalue weighted by Gasteiger charge is 2.56. The number of rotatable bonds is 2. The molecule has 10 heavy (non-hydrogen) atoms. The van der Waals surface area contributed by atoms with Crippen LogP contribution in [0.4, 0.5) is 0 Å². The topological polar surface area (TPSA) is 29.3 Å². The van der Waals surface area contributed by atoms with Crippen LogP contribution in [0.25, 0.3) is 0 Å². The van der Waals surface area contributed by atoms with Crippen molar-refractivity contribution in [1.29, 1.82) is 0 Å². The minimum Gasteiger partial charge on any atom is -0.324 e. The summed E-state index contributed by atoms with van der Waals surface area (Å²) in [5.74, 6) is 0.799. The standard InChI is InChI=1S/C8H14N2/c1-2-3-10-5-7-4-8(7,9)6-10/h2,7H,1,3-6,9H2/t7-,8-/m1/s1. The van der Waals surface area contributed by atoms with Gasteiger partial charge in [0.05, 0.1) is 0 Å². The molecule has 56 valence electrons. The highest BCUT2D eigenvalue weighted by Crippen LogP contribution is 2.46. The Labute approximate surface area is 61.7 Å². The number of nitrogens with two attached hydrogens (primary N) is 1. The monoisotopic (exact) mass is 138 g/mol. The average molecular weight is 138 g/mol. The molecule has 1 aliphatic carbocycles. The van der Waals surface area contributed by atoms with Gasteiger partial charge in [-0.2, -0.15) is 0 Å². The second-order valence-electron chi connectivity index (χ2n) is 3.62. The summed E-state index contributed by atoms with van der Waals surface area (Å²) < 4.78 is 0. The quantitative estimate of drug-likeness (QED) is 0.552. The molecule has 2 N–H and O–H groups in total. The maximum Gasteiger partial charge on any atom is 0.0328 e. The average Bonchev–Trinajstić information content (AvgIpc) is 2.34. The van der Waals surface area contributed by atoms with Crippen molar-refractivity contribution >= 4 is 0 Å². The van der Waals surface area contributed by atoms with E-state index in [1.54, 1.807) is 0 Å². The zero-order chi connectivity index (χ0) is 7.19. The molecule has 1 aliphatic heterocycles. The number of fused-ring (bicyclic) bond motifs is 1. The first-order valence-corrected chi connectivity index (χ1v) is 3.87. The third-order valence-corrected chi connectivity index (χ3v) is 2.66. The zero-order valence-corrected chi connectivity index (χ0v) is 6.21. The van der Waals surface area contributed by atoms with Crippen molar-refractivity contribution in [3.63, 3.8) is 0 Å². The van der Waals surface area contributed by atoms with Gasteiger partial charge in [-0.05, 0) is 12.3 Å². The molecular formula is C8H14N2. The van der Waals surface area contributed by atoms with Crippen LogP contribution in [0.5, 0.6) is 0 Å². The van der Waals surface area contributed by atoms with E-state index in [4.69, 9.17) is 5.73 Å². The molecule has 2 nitrogen and oxygen atoms in total. The fourth-order valence-electron chi connectivity index (χ4n) is 1.95. The molecule has 2 heteroatoms. The lowest BCUT2D eigenvalue weighted by atomic mass is 10.3. The highest BCUT2D eigenvalue weighted by molar-refractivity contribution is 5.15. The Kier molecular flexibility index (Phi) is 1.17. The first-order chi connectivity index (χ1) is 4.74. The minimum absolute atomic E-state index is 0.211. The van der Waals surface area contributed by atoms with Crippen LogP contribution in [0.1, 0.15) is 6.42 Å². The molecule has 2 aliphatic rings. The maximum absolute atomic E-state index is 6.00. The van der Waals surface area contributed by atoms with Crippen molar-refractivity contribution in [2.24, 2.45) is 11.7 Å². The normalized spacial score (nSPS) is 45.1. The molecule has 1 saturated carbocycles. The lowest BCUT2D eigenvalue weighted by Gasteiger charge is -2.15. The van der Waals surface area contributed by atoms with E-state index in [2.05, 4.69) is 11.5 Å². The van der Waals surface area contributed by atoms with Crippen molar-refractivity contribution in [3.8, 4) is 0 Å². The largest absolute Gasteiger partial charge is 0.324 e. The van der Waals surface area contributed by atoms with E-state index in [1.165, 1.54) is 13.0 Å². The Hall–Kier alpha value is -0.340. The highest BCUT2D eigenvalue weighted by atomic mass is 15.2. The van der Waals surface area contributed by atoms with Gasteiger partial charge in [0.15, 0.2) is 0 Å². The summed E-state index contributed by atoms with van der Waals surface area (Å²) in [7, 11) is 0. The summed E-state index contributed by atoms with van der Waals surface area (Å²) in [6, 6.07) is 0. The van der Waals surface area contributed by atoms with Crippen molar-refractivity contribution < 1.29 is 0 Å². The van der Waals surface area contributed by atoms with Gasteiger partial charge >= 0.3 is 0 Å². The number of piperidine rings is 1. The molecule has 1 saturated heterocycles. The second kappa shape index (κ2) is 1.83. The van der Waals surface area contributed by atoms with Crippen molar-refractivity contribution in [2.45, 2.75) is 12.0 Å². The second-order valence-corrected chi connectivity index (χ2v) is 3.62. The van der Waals surface area contributed by atoms with E-state index >= 15 is 0 Å². The van der Waals surface area contributed by atoms with Crippen LogP contribution >= 0.6 is 0 Å². The summed E-state index contributed by atoms with van der Waals surface area (Å²) in [5, 5.41) is 0. The van der Waals surface area contributed by atoms with Gasteiger partial charge in [0, 0.05) is 25.2 Å². The van der Waals surface area contributed by atoms with E-state index in [0.29, 0.717) is 0 Å². The van der Waals surface area contributed by atoms with Gasteiger partial charge in [-0.1, -0.05) is 6.08 Å². The van der Waals surface area contributed by atoms with Crippen LogP contribution in [-0.4, -0.2) is 30.1 Å². The predicted molar refractivity (Wildman–Crippen MR) is 41.7 cm³/mol. The SMILES string of the molecule is C=CCN1C[C@H]2C[C@@]2(N)C1. The van der Waals surface area contributed by atoms with Crippen LogP contribution in [0.3, 0.4) is 0 Å². The number of likely N-dealkylation sites (tertiary alicyclic amines) is 1. The lowest BCUT2D eigenvalue weighted by molar-refractivity contribution is 0.330. The van der Waals surface area contributed by atoms with Crippen molar-refractivity contribution in [2.75, 3.05) is 19.6 Å². The minimum atomic E-state index is 0.211. The Balaban J connectivity index is 1.91. The number of hydrogen-bond donors (Lipinski definition) is 1. The Morgan fingerprint density at radius 1 is 1.80 bits per heavy atom. The van der Waals surface area contributed by atoms with E-state index in [-0.39, 0.29) is 5.54 Å². The van der Waals surface area contributed by atoms with E-state index in [9.17, 15) is 0 Å². The van der Waals surface area contributed by atoms with E-state index in [1.807, 2.05) is 6.08 Å².